The van der Waals surface area contributed by atoms with Crippen molar-refractivity contribution in [3.63, 3.8) is 0 Å². The van der Waals surface area contributed by atoms with Crippen LogP contribution >= 0.6 is 11.3 Å². The normalized spacial score (nSPS) is 20.9. The maximum absolute atomic E-state index is 12.9. The molecule has 1 saturated heterocycles. The maximum atomic E-state index is 12.9. The summed E-state index contributed by atoms with van der Waals surface area (Å²) in [6.45, 7) is 2.44. The Kier molecular flexibility index (Phi) is 5.84. The lowest BCUT2D eigenvalue weighted by atomic mass is 9.95. The van der Waals surface area contributed by atoms with Crippen molar-refractivity contribution in [2.45, 2.75) is 51.1 Å². The van der Waals surface area contributed by atoms with Gasteiger partial charge in [-0.25, -0.2) is 10.9 Å². The average Bonchev–Trinajstić information content (AvgIpc) is 3.33. The van der Waals surface area contributed by atoms with Gasteiger partial charge >= 0.3 is 0 Å². The molecule has 5 N–H and O–H groups in total. The molecule has 7 nitrogen and oxygen atoms in total. The predicted molar refractivity (Wildman–Crippen MR) is 113 cm³/mol. The number of para-hydroxylation sites is 1. The number of anilines is 1. The molecule has 2 atom stereocenters. The summed E-state index contributed by atoms with van der Waals surface area (Å²) in [6.07, 6.45) is 4.53. The summed E-state index contributed by atoms with van der Waals surface area (Å²) in [5, 5.41) is 16.6. The van der Waals surface area contributed by atoms with Crippen LogP contribution in [0.25, 0.3) is 0 Å². The van der Waals surface area contributed by atoms with E-state index in [2.05, 4.69) is 21.5 Å². The highest BCUT2D eigenvalue weighted by atomic mass is 32.1. The van der Waals surface area contributed by atoms with Gasteiger partial charge in [0.2, 0.25) is 5.91 Å². The molecular weight excluding hydrogens is 388 g/mol. The minimum absolute atomic E-state index is 0.119. The number of hydrazine groups is 1. The van der Waals surface area contributed by atoms with E-state index in [9.17, 15) is 14.7 Å². The zero-order chi connectivity index (χ0) is 20.4. The number of amides is 2. The standard InChI is InChI=1S/C21H26N4O3S/c1-2-22-20(28)18-13-8-4-6-10-17(13)29-21(18)23-19(27)15-11-14(24-25-15)12-7-3-5-9-16(12)26/h3,5,7,9,14-15,24-26H,2,4,6,8,10-11H2,1H3,(H,22,28)(H,23,27). The van der Waals surface area contributed by atoms with Crippen LogP contribution in [0.5, 0.6) is 5.75 Å². The fraction of sp³-hybridized carbons (Fsp3) is 0.429. The van der Waals surface area contributed by atoms with Gasteiger partial charge in [-0.2, -0.15) is 0 Å². The lowest BCUT2D eigenvalue weighted by Crippen LogP contribution is -2.39. The van der Waals surface area contributed by atoms with Gasteiger partial charge in [0.05, 0.1) is 11.6 Å². The van der Waals surface area contributed by atoms with Crippen molar-refractivity contribution in [1.29, 1.82) is 0 Å². The maximum Gasteiger partial charge on any atom is 0.254 e. The number of aryl methyl sites for hydroxylation is 1. The number of thiophene rings is 1. The molecule has 1 aliphatic carbocycles. The lowest BCUT2D eigenvalue weighted by molar-refractivity contribution is -0.117. The Labute approximate surface area is 173 Å². The second kappa shape index (κ2) is 8.52. The molecule has 2 unspecified atom stereocenters. The first-order valence-electron chi connectivity index (χ1n) is 10.1. The molecule has 1 aliphatic heterocycles. The van der Waals surface area contributed by atoms with Gasteiger partial charge in [-0.1, -0.05) is 18.2 Å². The Morgan fingerprint density at radius 1 is 1.21 bits per heavy atom. The van der Waals surface area contributed by atoms with Gasteiger partial charge in [-0.3, -0.25) is 9.59 Å². The minimum atomic E-state index is -0.458. The SMILES string of the molecule is CCNC(=O)c1c(NC(=O)C2CC(c3ccccc3O)NN2)sc2c1CCCC2. The number of phenolic OH excluding ortho intramolecular Hbond substituents is 1. The van der Waals surface area contributed by atoms with Crippen molar-refractivity contribution in [2.24, 2.45) is 0 Å². The highest BCUT2D eigenvalue weighted by molar-refractivity contribution is 7.17. The predicted octanol–water partition coefficient (Wildman–Crippen LogP) is 2.63. The third-order valence-corrected chi connectivity index (χ3v) is 6.71. The van der Waals surface area contributed by atoms with E-state index in [1.165, 1.54) is 16.2 Å². The first-order valence-corrected chi connectivity index (χ1v) is 10.9. The molecule has 0 bridgehead atoms. The summed E-state index contributed by atoms with van der Waals surface area (Å²) in [5.41, 5.74) is 8.58. The highest BCUT2D eigenvalue weighted by Gasteiger charge is 2.33. The molecule has 0 saturated carbocycles. The molecule has 154 valence electrons. The topological polar surface area (TPSA) is 102 Å². The van der Waals surface area contributed by atoms with Gasteiger partial charge in [0.25, 0.3) is 5.91 Å². The van der Waals surface area contributed by atoms with Crippen LogP contribution in [-0.4, -0.2) is 29.5 Å². The molecule has 2 aliphatic rings. The van der Waals surface area contributed by atoms with E-state index in [4.69, 9.17) is 0 Å². The molecule has 8 heteroatoms. The summed E-state index contributed by atoms with van der Waals surface area (Å²) in [4.78, 5) is 26.8. The molecule has 2 heterocycles. The molecule has 2 amide bonds. The number of benzene rings is 1. The largest absolute Gasteiger partial charge is 0.508 e. The second-order valence-corrected chi connectivity index (χ2v) is 8.56. The van der Waals surface area contributed by atoms with Crippen LogP contribution in [0.15, 0.2) is 24.3 Å². The Hall–Kier alpha value is -2.42. The van der Waals surface area contributed by atoms with Crippen LogP contribution in [0.4, 0.5) is 5.00 Å². The monoisotopic (exact) mass is 414 g/mol. The molecule has 1 aromatic heterocycles. The number of carbonyl (C=O) groups is 2. The number of hydrogen-bond acceptors (Lipinski definition) is 6. The van der Waals surface area contributed by atoms with Gasteiger partial charge in [0.15, 0.2) is 0 Å². The van der Waals surface area contributed by atoms with Gasteiger partial charge in [0.1, 0.15) is 16.8 Å². The van der Waals surface area contributed by atoms with Crippen molar-refractivity contribution in [3.8, 4) is 5.75 Å². The van der Waals surface area contributed by atoms with Gasteiger partial charge in [-0.15, -0.1) is 11.3 Å². The van der Waals surface area contributed by atoms with Gasteiger partial charge in [0, 0.05) is 17.0 Å². The Morgan fingerprint density at radius 2 is 2.00 bits per heavy atom. The number of fused-ring (bicyclic) bond motifs is 1. The third-order valence-electron chi connectivity index (χ3n) is 5.50. The number of rotatable bonds is 5. The Morgan fingerprint density at radius 3 is 2.79 bits per heavy atom. The first kappa shape index (κ1) is 19.9. The van der Waals surface area contributed by atoms with E-state index in [-0.39, 0.29) is 23.6 Å². The van der Waals surface area contributed by atoms with E-state index in [1.54, 1.807) is 12.1 Å². The number of nitrogens with one attached hydrogen (secondary N) is 4. The smallest absolute Gasteiger partial charge is 0.254 e. The summed E-state index contributed by atoms with van der Waals surface area (Å²) in [6, 6.07) is 6.49. The molecule has 1 aromatic carbocycles. The van der Waals surface area contributed by atoms with Crippen LogP contribution in [0.3, 0.4) is 0 Å². The zero-order valence-corrected chi connectivity index (χ0v) is 17.2. The lowest BCUT2D eigenvalue weighted by Gasteiger charge is -2.13. The molecule has 2 aromatic rings. The number of phenols is 1. The fourth-order valence-electron chi connectivity index (χ4n) is 4.06. The number of aromatic hydroxyl groups is 1. The quantitative estimate of drug-likeness (QED) is 0.518. The fourth-order valence-corrected chi connectivity index (χ4v) is 5.35. The van der Waals surface area contributed by atoms with Crippen molar-refractivity contribution in [1.82, 2.24) is 16.2 Å². The number of carbonyl (C=O) groups excluding carboxylic acids is 2. The van der Waals surface area contributed by atoms with Crippen molar-refractivity contribution >= 4 is 28.2 Å². The van der Waals surface area contributed by atoms with Crippen LogP contribution in [0.2, 0.25) is 0 Å². The molecule has 0 radical (unpaired) electrons. The summed E-state index contributed by atoms with van der Waals surface area (Å²) in [5.74, 6) is -0.0938. The van der Waals surface area contributed by atoms with Crippen molar-refractivity contribution < 1.29 is 14.7 Å². The van der Waals surface area contributed by atoms with E-state index in [0.717, 1.165) is 36.8 Å². The van der Waals surface area contributed by atoms with Crippen LogP contribution in [0.1, 0.15) is 58.6 Å². The van der Waals surface area contributed by atoms with E-state index in [1.807, 2.05) is 19.1 Å². The van der Waals surface area contributed by atoms with Crippen molar-refractivity contribution in [2.75, 3.05) is 11.9 Å². The van der Waals surface area contributed by atoms with Crippen molar-refractivity contribution in [3.05, 3.63) is 45.8 Å². The average molecular weight is 415 g/mol. The number of hydrogen-bond donors (Lipinski definition) is 5. The highest BCUT2D eigenvalue weighted by Crippen LogP contribution is 2.38. The van der Waals surface area contributed by atoms with E-state index < -0.39 is 6.04 Å². The molecule has 1 fully saturated rings. The third kappa shape index (κ3) is 4.01. The molecular formula is C21H26N4O3S. The van der Waals surface area contributed by atoms with E-state index >= 15 is 0 Å². The minimum Gasteiger partial charge on any atom is -0.508 e. The Balaban J connectivity index is 1.51. The van der Waals surface area contributed by atoms with Crippen LogP contribution in [-0.2, 0) is 17.6 Å². The van der Waals surface area contributed by atoms with Gasteiger partial charge in [-0.05, 0) is 50.7 Å². The Bertz CT molecular complexity index is 927. The van der Waals surface area contributed by atoms with Gasteiger partial charge < -0.3 is 15.7 Å². The summed E-state index contributed by atoms with van der Waals surface area (Å²) < 4.78 is 0. The molecule has 29 heavy (non-hydrogen) atoms. The van der Waals surface area contributed by atoms with E-state index in [0.29, 0.717) is 23.5 Å². The second-order valence-electron chi connectivity index (χ2n) is 7.45. The zero-order valence-electron chi connectivity index (χ0n) is 16.4. The molecule has 0 spiro atoms. The summed E-state index contributed by atoms with van der Waals surface area (Å²) in [7, 11) is 0. The first-order chi connectivity index (χ1) is 14.1. The van der Waals surface area contributed by atoms with Crippen LogP contribution in [0, 0.1) is 0 Å². The summed E-state index contributed by atoms with van der Waals surface area (Å²) >= 11 is 1.52. The molecule has 4 rings (SSSR count). The van der Waals surface area contributed by atoms with Crippen LogP contribution < -0.4 is 21.5 Å².